The molecule has 0 fully saturated rings. The van der Waals surface area contributed by atoms with Crippen LogP contribution < -0.4 is 10.1 Å². The molecule has 0 aliphatic carbocycles. The number of carbonyl (C=O) groups is 1. The van der Waals surface area contributed by atoms with Gasteiger partial charge in [0.15, 0.2) is 0 Å². The third-order valence-corrected chi connectivity index (χ3v) is 4.68. The average Bonchev–Trinajstić information content (AvgIpc) is 3.06. The van der Waals surface area contributed by atoms with Gasteiger partial charge >= 0.3 is 0 Å². The van der Waals surface area contributed by atoms with Crippen LogP contribution in [0.5, 0.6) is 5.75 Å². The van der Waals surface area contributed by atoms with Crippen molar-refractivity contribution in [1.29, 1.82) is 0 Å². The molecule has 2 aromatic carbocycles. The summed E-state index contributed by atoms with van der Waals surface area (Å²) in [5.74, 6) is 0.667. The topological polar surface area (TPSA) is 64.1 Å². The Morgan fingerprint density at radius 3 is 2.64 bits per heavy atom. The van der Waals surface area contributed by atoms with Crippen molar-refractivity contribution in [3.8, 4) is 5.75 Å². The van der Waals surface area contributed by atoms with Gasteiger partial charge in [-0.25, -0.2) is 0 Å². The minimum Gasteiger partial charge on any atom is -0.493 e. The van der Waals surface area contributed by atoms with Gasteiger partial charge < -0.3 is 4.74 Å². The van der Waals surface area contributed by atoms with Gasteiger partial charge in [-0.1, -0.05) is 35.6 Å². The van der Waals surface area contributed by atoms with Crippen LogP contribution in [0.1, 0.15) is 26.5 Å². The van der Waals surface area contributed by atoms with Crippen molar-refractivity contribution in [1.82, 2.24) is 10.2 Å². The van der Waals surface area contributed by atoms with Crippen molar-refractivity contribution in [2.45, 2.75) is 20.3 Å². The van der Waals surface area contributed by atoms with Crippen molar-refractivity contribution in [2.75, 3.05) is 11.9 Å². The van der Waals surface area contributed by atoms with E-state index in [1.807, 2.05) is 36.4 Å². The molecule has 128 valence electrons. The van der Waals surface area contributed by atoms with Gasteiger partial charge in [-0.3, -0.25) is 10.1 Å². The van der Waals surface area contributed by atoms with E-state index in [0.717, 1.165) is 10.8 Å². The molecule has 1 heterocycles. The number of amides is 1. The maximum Gasteiger partial charge on any atom is 0.257 e. The molecule has 3 rings (SSSR count). The van der Waals surface area contributed by atoms with Crippen LogP contribution in [0.2, 0.25) is 0 Å². The molecule has 1 amide bonds. The Labute approximate surface area is 150 Å². The number of nitrogens with one attached hydrogen (secondary N) is 1. The van der Waals surface area contributed by atoms with Gasteiger partial charge in [0.05, 0.1) is 6.61 Å². The lowest BCUT2D eigenvalue weighted by Crippen LogP contribution is -2.11. The molecule has 0 saturated heterocycles. The van der Waals surface area contributed by atoms with Crippen LogP contribution in [-0.4, -0.2) is 22.7 Å². The Morgan fingerprint density at radius 2 is 1.88 bits per heavy atom. The first kappa shape index (κ1) is 17.1. The smallest absolute Gasteiger partial charge is 0.257 e. The van der Waals surface area contributed by atoms with Gasteiger partial charge in [0.1, 0.15) is 10.8 Å². The van der Waals surface area contributed by atoms with E-state index < -0.39 is 0 Å². The molecule has 1 N–H and O–H groups in total. The van der Waals surface area contributed by atoms with Crippen molar-refractivity contribution >= 4 is 22.4 Å². The average molecular weight is 353 g/mol. The SMILES string of the molecule is Cc1ccc(OCCc2nnc(NC(=O)c3ccccc3)s2)cc1C. The summed E-state index contributed by atoms with van der Waals surface area (Å²) in [6.45, 7) is 4.66. The minimum atomic E-state index is -0.185. The molecule has 0 bridgehead atoms. The predicted molar refractivity (Wildman–Crippen MR) is 99.4 cm³/mol. The maximum atomic E-state index is 12.1. The summed E-state index contributed by atoms with van der Waals surface area (Å²) in [4.78, 5) is 12.1. The molecular weight excluding hydrogens is 334 g/mol. The molecule has 0 atom stereocenters. The summed E-state index contributed by atoms with van der Waals surface area (Å²) in [7, 11) is 0. The molecule has 6 heteroatoms. The lowest BCUT2D eigenvalue weighted by atomic mass is 10.1. The number of anilines is 1. The van der Waals surface area contributed by atoms with E-state index in [1.54, 1.807) is 12.1 Å². The fourth-order valence-electron chi connectivity index (χ4n) is 2.22. The van der Waals surface area contributed by atoms with E-state index in [2.05, 4.69) is 29.4 Å². The monoisotopic (exact) mass is 353 g/mol. The largest absolute Gasteiger partial charge is 0.493 e. The molecule has 0 aliphatic heterocycles. The Kier molecular flexibility index (Phi) is 5.40. The van der Waals surface area contributed by atoms with E-state index in [4.69, 9.17) is 4.74 Å². The molecule has 25 heavy (non-hydrogen) atoms. The lowest BCUT2D eigenvalue weighted by molar-refractivity contribution is 0.102. The zero-order chi connectivity index (χ0) is 17.6. The number of ether oxygens (including phenoxy) is 1. The third kappa shape index (κ3) is 4.64. The highest BCUT2D eigenvalue weighted by Crippen LogP contribution is 2.19. The van der Waals surface area contributed by atoms with Crippen LogP contribution >= 0.6 is 11.3 Å². The molecule has 0 unspecified atom stereocenters. The van der Waals surface area contributed by atoms with Crippen LogP contribution in [0.4, 0.5) is 5.13 Å². The molecule has 1 aromatic heterocycles. The van der Waals surface area contributed by atoms with Crippen LogP contribution in [0, 0.1) is 13.8 Å². The molecule has 3 aromatic rings. The van der Waals surface area contributed by atoms with Crippen LogP contribution in [0.25, 0.3) is 0 Å². The summed E-state index contributed by atoms with van der Waals surface area (Å²) in [5, 5.41) is 12.2. The van der Waals surface area contributed by atoms with Gasteiger partial charge in [-0.15, -0.1) is 10.2 Å². The summed E-state index contributed by atoms with van der Waals surface area (Å²) in [6.07, 6.45) is 0.645. The number of aryl methyl sites for hydroxylation is 2. The summed E-state index contributed by atoms with van der Waals surface area (Å²) in [5.41, 5.74) is 3.05. The van der Waals surface area contributed by atoms with Gasteiger partial charge in [0, 0.05) is 12.0 Å². The van der Waals surface area contributed by atoms with E-state index in [-0.39, 0.29) is 5.91 Å². The van der Waals surface area contributed by atoms with Crippen molar-refractivity contribution in [3.05, 3.63) is 70.2 Å². The highest BCUT2D eigenvalue weighted by atomic mass is 32.1. The van der Waals surface area contributed by atoms with Crippen LogP contribution in [0.15, 0.2) is 48.5 Å². The summed E-state index contributed by atoms with van der Waals surface area (Å²) in [6, 6.07) is 15.1. The number of aromatic nitrogens is 2. The number of rotatable bonds is 6. The predicted octanol–water partition coefficient (Wildman–Crippen LogP) is 4.03. The molecule has 0 radical (unpaired) electrons. The first-order chi connectivity index (χ1) is 12.1. The molecule has 0 spiro atoms. The van der Waals surface area contributed by atoms with E-state index >= 15 is 0 Å². The summed E-state index contributed by atoms with van der Waals surface area (Å²) >= 11 is 1.36. The zero-order valence-electron chi connectivity index (χ0n) is 14.2. The Morgan fingerprint density at radius 1 is 1.08 bits per heavy atom. The van der Waals surface area contributed by atoms with Gasteiger partial charge in [-0.2, -0.15) is 0 Å². The van der Waals surface area contributed by atoms with Gasteiger partial charge in [-0.05, 0) is 49.2 Å². The Hall–Kier alpha value is -2.73. The highest BCUT2D eigenvalue weighted by Gasteiger charge is 2.10. The standard InChI is InChI=1S/C19H19N3O2S/c1-13-8-9-16(12-14(13)2)24-11-10-17-21-22-19(25-17)20-18(23)15-6-4-3-5-7-15/h3-9,12H,10-11H2,1-2H3,(H,20,22,23). The second-order valence-corrected chi connectivity index (χ2v) is 6.73. The normalized spacial score (nSPS) is 10.5. The zero-order valence-corrected chi connectivity index (χ0v) is 15.0. The van der Waals surface area contributed by atoms with Crippen molar-refractivity contribution in [2.24, 2.45) is 0 Å². The second kappa shape index (κ2) is 7.90. The molecule has 5 nitrogen and oxygen atoms in total. The van der Waals surface area contributed by atoms with Crippen molar-refractivity contribution in [3.63, 3.8) is 0 Å². The fraction of sp³-hybridized carbons (Fsp3) is 0.211. The minimum absolute atomic E-state index is 0.185. The number of carbonyl (C=O) groups excluding carboxylic acids is 1. The van der Waals surface area contributed by atoms with E-state index in [0.29, 0.717) is 23.7 Å². The van der Waals surface area contributed by atoms with E-state index in [1.165, 1.54) is 22.5 Å². The fourth-order valence-corrected chi connectivity index (χ4v) is 2.94. The number of hydrogen-bond donors (Lipinski definition) is 1. The number of nitrogens with zero attached hydrogens (tertiary/aromatic N) is 2. The number of benzene rings is 2. The molecule has 0 saturated carbocycles. The van der Waals surface area contributed by atoms with Gasteiger partial charge in [0.2, 0.25) is 5.13 Å². The maximum absolute atomic E-state index is 12.1. The second-order valence-electron chi connectivity index (χ2n) is 5.67. The van der Waals surface area contributed by atoms with Crippen LogP contribution in [0.3, 0.4) is 0 Å². The lowest BCUT2D eigenvalue weighted by Gasteiger charge is -2.07. The Bertz CT molecular complexity index is 862. The first-order valence-electron chi connectivity index (χ1n) is 8.00. The van der Waals surface area contributed by atoms with Crippen LogP contribution in [-0.2, 0) is 6.42 Å². The summed E-state index contributed by atoms with van der Waals surface area (Å²) < 4.78 is 5.76. The highest BCUT2D eigenvalue weighted by molar-refractivity contribution is 7.15. The number of hydrogen-bond acceptors (Lipinski definition) is 5. The first-order valence-corrected chi connectivity index (χ1v) is 8.82. The molecular formula is C19H19N3O2S. The molecule has 0 aliphatic rings. The Balaban J connectivity index is 1.51. The quantitative estimate of drug-likeness (QED) is 0.727. The van der Waals surface area contributed by atoms with Gasteiger partial charge in [0.25, 0.3) is 5.91 Å². The third-order valence-electron chi connectivity index (χ3n) is 3.79. The van der Waals surface area contributed by atoms with E-state index in [9.17, 15) is 4.79 Å². The van der Waals surface area contributed by atoms with Crippen molar-refractivity contribution < 1.29 is 9.53 Å².